The summed E-state index contributed by atoms with van der Waals surface area (Å²) in [5, 5.41) is 48.0. The summed E-state index contributed by atoms with van der Waals surface area (Å²) in [5.74, 6) is 0.693. The molecule has 9 nitrogen and oxygen atoms in total. The van der Waals surface area contributed by atoms with Crippen LogP contribution in [0.1, 0.15) is 0 Å². The average molecular weight is 436 g/mol. The fourth-order valence-corrected chi connectivity index (χ4v) is 3.96. The van der Waals surface area contributed by atoms with Crippen molar-refractivity contribution >= 4 is 23.1 Å². The third-order valence-corrected chi connectivity index (χ3v) is 5.67. The van der Waals surface area contributed by atoms with Gasteiger partial charge in [0.2, 0.25) is 0 Å². The predicted molar refractivity (Wildman–Crippen MR) is 111 cm³/mol. The summed E-state index contributed by atoms with van der Waals surface area (Å²) in [4.78, 5) is 0.661. The molecule has 6 N–H and O–H groups in total. The van der Waals surface area contributed by atoms with Crippen LogP contribution in [0, 0.1) is 0 Å². The second kappa shape index (κ2) is 10.8. The number of benzene rings is 2. The van der Waals surface area contributed by atoms with Crippen molar-refractivity contribution in [2.75, 3.05) is 19.8 Å². The van der Waals surface area contributed by atoms with Gasteiger partial charge < -0.3 is 35.6 Å². The topological polar surface area (TPSA) is 150 Å². The molecule has 0 saturated carbocycles. The van der Waals surface area contributed by atoms with Gasteiger partial charge in [-0.3, -0.25) is 0 Å². The Morgan fingerprint density at radius 2 is 1.70 bits per heavy atom. The highest BCUT2D eigenvalue weighted by Gasteiger charge is 2.43. The van der Waals surface area contributed by atoms with E-state index in [1.807, 2.05) is 0 Å². The van der Waals surface area contributed by atoms with Crippen molar-refractivity contribution in [3.8, 4) is 5.75 Å². The molecule has 1 fully saturated rings. The van der Waals surface area contributed by atoms with Crippen LogP contribution in [-0.4, -0.2) is 70.0 Å². The summed E-state index contributed by atoms with van der Waals surface area (Å²) in [5.41, 5.74) is 5.69. The molecule has 10 heteroatoms. The maximum atomic E-state index is 10.3. The SMILES string of the molecule is NCCOc1ccc(N=Nc2ccccc2S[C@@H]2O[C@H](CO)[C@H](O)[C@H](O)[C@H]2O)cc1. The van der Waals surface area contributed by atoms with E-state index >= 15 is 0 Å². The molecule has 3 rings (SSSR count). The minimum Gasteiger partial charge on any atom is -0.492 e. The Morgan fingerprint density at radius 3 is 2.40 bits per heavy atom. The zero-order chi connectivity index (χ0) is 21.5. The largest absolute Gasteiger partial charge is 0.492 e. The Balaban J connectivity index is 1.72. The molecule has 0 aromatic heterocycles. The van der Waals surface area contributed by atoms with E-state index in [2.05, 4.69) is 10.2 Å². The number of rotatable bonds is 8. The summed E-state index contributed by atoms with van der Waals surface area (Å²) < 4.78 is 11.0. The van der Waals surface area contributed by atoms with Crippen molar-refractivity contribution < 1.29 is 29.9 Å². The molecule has 0 radical (unpaired) electrons. The lowest BCUT2D eigenvalue weighted by molar-refractivity contribution is -0.205. The number of hydrogen-bond donors (Lipinski definition) is 5. The first-order chi connectivity index (χ1) is 14.5. The quantitative estimate of drug-likeness (QED) is 0.390. The summed E-state index contributed by atoms with van der Waals surface area (Å²) in [6, 6.07) is 14.2. The molecule has 1 saturated heterocycles. The Labute approximate surface area is 178 Å². The number of azo groups is 1. The van der Waals surface area contributed by atoms with Crippen molar-refractivity contribution in [2.45, 2.75) is 34.7 Å². The van der Waals surface area contributed by atoms with Crippen LogP contribution < -0.4 is 10.5 Å². The molecule has 0 spiro atoms. The lowest BCUT2D eigenvalue weighted by Gasteiger charge is -2.39. The number of aliphatic hydroxyl groups is 4. The van der Waals surface area contributed by atoms with Crippen LogP contribution in [0.5, 0.6) is 5.75 Å². The molecule has 0 bridgehead atoms. The highest BCUT2D eigenvalue weighted by atomic mass is 32.2. The predicted octanol–water partition coefficient (Wildman–Crippen LogP) is 1.33. The Bertz CT molecular complexity index is 836. The molecule has 1 aliphatic rings. The Hall–Kier alpha value is -2.05. The lowest BCUT2D eigenvalue weighted by atomic mass is 10.0. The van der Waals surface area contributed by atoms with Gasteiger partial charge in [0.05, 0.1) is 18.0 Å². The second-order valence-corrected chi connectivity index (χ2v) is 7.75. The van der Waals surface area contributed by atoms with Gasteiger partial charge in [0.15, 0.2) is 0 Å². The molecule has 1 aliphatic heterocycles. The summed E-state index contributed by atoms with van der Waals surface area (Å²) in [7, 11) is 0. The minimum atomic E-state index is -1.43. The molecule has 0 amide bonds. The molecule has 0 aliphatic carbocycles. The molecule has 0 unspecified atom stereocenters. The van der Waals surface area contributed by atoms with Gasteiger partial charge in [-0.15, -0.1) is 5.11 Å². The van der Waals surface area contributed by atoms with Gasteiger partial charge in [0.25, 0.3) is 0 Å². The van der Waals surface area contributed by atoms with Crippen LogP contribution in [0.2, 0.25) is 0 Å². The second-order valence-electron chi connectivity index (χ2n) is 6.61. The van der Waals surface area contributed by atoms with E-state index in [0.717, 1.165) is 11.8 Å². The van der Waals surface area contributed by atoms with Crippen molar-refractivity contribution in [3.05, 3.63) is 48.5 Å². The monoisotopic (exact) mass is 435 g/mol. The summed E-state index contributed by atoms with van der Waals surface area (Å²) >= 11 is 1.13. The first-order valence-electron chi connectivity index (χ1n) is 9.44. The van der Waals surface area contributed by atoms with E-state index in [4.69, 9.17) is 15.2 Å². The zero-order valence-corrected chi connectivity index (χ0v) is 16.9. The van der Waals surface area contributed by atoms with Crippen LogP contribution >= 0.6 is 11.8 Å². The fourth-order valence-electron chi connectivity index (χ4n) is 2.83. The number of thioether (sulfide) groups is 1. The number of hydrogen-bond acceptors (Lipinski definition) is 10. The van der Waals surface area contributed by atoms with Crippen LogP contribution in [0.3, 0.4) is 0 Å². The Morgan fingerprint density at radius 1 is 0.967 bits per heavy atom. The van der Waals surface area contributed by atoms with Gasteiger partial charge in [-0.2, -0.15) is 5.11 Å². The van der Waals surface area contributed by atoms with Crippen LogP contribution in [-0.2, 0) is 4.74 Å². The standard InChI is InChI=1S/C20H25N3O6S/c21-9-10-28-13-7-5-12(6-8-13)22-23-14-3-1-2-4-16(14)30-20-19(27)18(26)17(25)15(11-24)29-20/h1-8,15,17-20,24-27H,9-11,21H2/t15-,17+,18+,19-,20+/m1/s1. The minimum absolute atomic E-state index is 0.434. The molecule has 5 atom stereocenters. The zero-order valence-electron chi connectivity index (χ0n) is 16.1. The van der Waals surface area contributed by atoms with E-state index in [0.29, 0.717) is 35.2 Å². The number of aliphatic hydroxyl groups excluding tert-OH is 4. The van der Waals surface area contributed by atoms with Crippen LogP contribution in [0.4, 0.5) is 11.4 Å². The van der Waals surface area contributed by atoms with E-state index in [1.54, 1.807) is 48.5 Å². The first-order valence-corrected chi connectivity index (χ1v) is 10.3. The van der Waals surface area contributed by atoms with Crippen molar-refractivity contribution in [2.24, 2.45) is 16.0 Å². The average Bonchev–Trinajstić information content (AvgIpc) is 2.78. The first kappa shape index (κ1) is 22.6. The molecule has 30 heavy (non-hydrogen) atoms. The molecular formula is C20H25N3O6S. The summed E-state index contributed by atoms with van der Waals surface area (Å²) in [6.07, 6.45) is -5.12. The van der Waals surface area contributed by atoms with Gasteiger partial charge in [-0.25, -0.2) is 0 Å². The molecular weight excluding hydrogens is 410 g/mol. The number of nitrogens with zero attached hydrogens (tertiary/aromatic N) is 2. The smallest absolute Gasteiger partial charge is 0.136 e. The van der Waals surface area contributed by atoms with Crippen LogP contribution in [0.25, 0.3) is 0 Å². The van der Waals surface area contributed by atoms with Crippen molar-refractivity contribution in [1.29, 1.82) is 0 Å². The maximum Gasteiger partial charge on any atom is 0.136 e. The van der Waals surface area contributed by atoms with Crippen LogP contribution in [0.15, 0.2) is 63.7 Å². The van der Waals surface area contributed by atoms with Gasteiger partial charge in [-0.05, 0) is 36.4 Å². The normalized spacial score (nSPS) is 26.8. The lowest BCUT2D eigenvalue weighted by Crippen LogP contribution is -2.57. The van der Waals surface area contributed by atoms with Gasteiger partial charge in [0.1, 0.15) is 42.2 Å². The maximum absolute atomic E-state index is 10.3. The highest BCUT2D eigenvalue weighted by Crippen LogP contribution is 2.38. The fraction of sp³-hybridized carbons (Fsp3) is 0.400. The summed E-state index contributed by atoms with van der Waals surface area (Å²) in [6.45, 7) is 0.391. The van der Waals surface area contributed by atoms with Gasteiger partial charge in [0, 0.05) is 11.4 Å². The van der Waals surface area contributed by atoms with Crippen molar-refractivity contribution in [3.63, 3.8) is 0 Å². The number of ether oxygens (including phenoxy) is 2. The Kier molecular flexibility index (Phi) is 8.16. The molecule has 2 aromatic carbocycles. The van der Waals surface area contributed by atoms with E-state index in [-0.39, 0.29) is 0 Å². The van der Waals surface area contributed by atoms with E-state index < -0.39 is 36.5 Å². The van der Waals surface area contributed by atoms with Gasteiger partial charge in [-0.1, -0.05) is 23.9 Å². The third-order valence-electron chi connectivity index (χ3n) is 4.45. The highest BCUT2D eigenvalue weighted by molar-refractivity contribution is 8.00. The molecule has 162 valence electrons. The van der Waals surface area contributed by atoms with Gasteiger partial charge >= 0.3 is 0 Å². The van der Waals surface area contributed by atoms with E-state index in [9.17, 15) is 20.4 Å². The third kappa shape index (κ3) is 5.55. The molecule has 2 aromatic rings. The van der Waals surface area contributed by atoms with E-state index in [1.165, 1.54) is 0 Å². The van der Waals surface area contributed by atoms with Crippen molar-refractivity contribution in [1.82, 2.24) is 0 Å². The number of nitrogens with two attached hydrogens (primary N) is 1. The molecule has 1 heterocycles.